The molecule has 4 bridgehead atoms. The highest BCUT2D eigenvalue weighted by atomic mass is 79.9. The lowest BCUT2D eigenvalue weighted by atomic mass is 9.53. The topological polar surface area (TPSA) is 68.5 Å². The maximum atomic E-state index is 12.6. The zero-order valence-corrected chi connectivity index (χ0v) is 15.3. The van der Waals surface area contributed by atoms with E-state index in [1.165, 1.54) is 25.3 Å². The number of amides is 1. The maximum Gasteiger partial charge on any atom is 0.375 e. The summed E-state index contributed by atoms with van der Waals surface area (Å²) in [7, 11) is 0. The molecular weight excluding hydrogens is 374 g/mol. The molecule has 6 heteroatoms. The van der Waals surface area contributed by atoms with Crippen LogP contribution in [0.15, 0.2) is 21.2 Å². The fourth-order valence-corrected chi connectivity index (χ4v) is 5.63. The van der Waals surface area contributed by atoms with E-state index < -0.39 is 12.1 Å². The molecular formula is C18H22BrNO4. The molecule has 1 heterocycles. The second kappa shape index (κ2) is 5.90. The average molecular weight is 396 g/mol. The highest BCUT2D eigenvalue weighted by Crippen LogP contribution is 2.55. The molecule has 1 N–H and O–H groups in total. The number of hydrogen-bond acceptors (Lipinski definition) is 4. The number of hydrogen-bond donors (Lipinski definition) is 1. The number of ether oxygens (including phenoxy) is 1. The minimum atomic E-state index is -0.825. The van der Waals surface area contributed by atoms with Crippen LogP contribution in [0.3, 0.4) is 0 Å². The summed E-state index contributed by atoms with van der Waals surface area (Å²) in [6, 6.07) is 3.15. The molecule has 4 fully saturated rings. The quantitative estimate of drug-likeness (QED) is 0.789. The molecule has 0 unspecified atom stereocenters. The molecule has 0 spiro atoms. The minimum absolute atomic E-state index is 0.0692. The first-order valence-corrected chi connectivity index (χ1v) is 9.50. The summed E-state index contributed by atoms with van der Waals surface area (Å²) in [6.07, 6.45) is 6.39. The van der Waals surface area contributed by atoms with Gasteiger partial charge in [0.2, 0.25) is 5.76 Å². The molecule has 1 aromatic heterocycles. The predicted molar refractivity (Wildman–Crippen MR) is 90.3 cm³/mol. The largest absolute Gasteiger partial charge is 0.447 e. The molecule has 1 atom stereocenters. The standard InChI is InChI=1S/C18H22BrNO4/c1-10(23-17(22)14-2-3-15(19)24-14)16(21)20-18-7-11-4-12(8-18)6-13(5-11)9-18/h2-3,10-13H,4-9H2,1H3,(H,20,21)/t10-,11?,12?,13?,18?/m0/s1. The van der Waals surface area contributed by atoms with Gasteiger partial charge in [0.1, 0.15) is 0 Å². The van der Waals surface area contributed by atoms with Crippen LogP contribution in [0.2, 0.25) is 0 Å². The minimum Gasteiger partial charge on any atom is -0.447 e. The van der Waals surface area contributed by atoms with Gasteiger partial charge >= 0.3 is 5.97 Å². The number of nitrogens with one attached hydrogen (secondary N) is 1. The molecule has 0 aliphatic heterocycles. The van der Waals surface area contributed by atoms with Gasteiger partial charge in [0.25, 0.3) is 5.91 Å². The van der Waals surface area contributed by atoms with Crippen molar-refractivity contribution in [2.24, 2.45) is 17.8 Å². The van der Waals surface area contributed by atoms with Crippen LogP contribution in [0.1, 0.15) is 56.0 Å². The van der Waals surface area contributed by atoms with E-state index in [0.717, 1.165) is 37.0 Å². The third-order valence-electron chi connectivity index (χ3n) is 5.85. The van der Waals surface area contributed by atoms with Crippen LogP contribution in [0.25, 0.3) is 0 Å². The summed E-state index contributed by atoms with van der Waals surface area (Å²) >= 11 is 3.15. The zero-order valence-electron chi connectivity index (χ0n) is 13.7. The molecule has 0 saturated heterocycles. The van der Waals surface area contributed by atoms with E-state index in [0.29, 0.717) is 4.67 Å². The number of furan rings is 1. The van der Waals surface area contributed by atoms with Gasteiger partial charge in [-0.15, -0.1) is 0 Å². The smallest absolute Gasteiger partial charge is 0.375 e. The number of rotatable bonds is 4. The number of carbonyl (C=O) groups is 2. The van der Waals surface area contributed by atoms with E-state index in [4.69, 9.17) is 9.15 Å². The van der Waals surface area contributed by atoms with Gasteiger partial charge in [-0.2, -0.15) is 0 Å². The van der Waals surface area contributed by atoms with Crippen molar-refractivity contribution in [1.82, 2.24) is 5.32 Å². The Balaban J connectivity index is 1.38. The summed E-state index contributed by atoms with van der Waals surface area (Å²) in [5, 5.41) is 3.23. The van der Waals surface area contributed by atoms with Gasteiger partial charge in [0.15, 0.2) is 10.8 Å². The molecule has 24 heavy (non-hydrogen) atoms. The highest BCUT2D eigenvalue weighted by Gasteiger charge is 2.51. The van der Waals surface area contributed by atoms with E-state index in [2.05, 4.69) is 21.2 Å². The second-order valence-corrected chi connectivity index (χ2v) is 8.62. The molecule has 4 aliphatic carbocycles. The molecule has 5 rings (SSSR count). The Labute approximate surface area is 149 Å². The molecule has 4 aliphatic rings. The molecule has 130 valence electrons. The van der Waals surface area contributed by atoms with Gasteiger partial charge in [0, 0.05) is 5.54 Å². The van der Waals surface area contributed by atoms with Crippen LogP contribution in [0, 0.1) is 17.8 Å². The lowest BCUT2D eigenvalue weighted by Gasteiger charge is -2.57. The van der Waals surface area contributed by atoms with Gasteiger partial charge < -0.3 is 14.5 Å². The summed E-state index contributed by atoms with van der Waals surface area (Å²) < 4.78 is 10.9. The van der Waals surface area contributed by atoms with Crippen LogP contribution in [-0.2, 0) is 9.53 Å². The fraction of sp³-hybridized carbons (Fsp3) is 0.667. The SMILES string of the molecule is C[C@H](OC(=O)c1ccc(Br)o1)C(=O)NC12CC3CC(CC(C3)C1)C2. The maximum absolute atomic E-state index is 12.6. The van der Waals surface area contributed by atoms with Gasteiger partial charge in [-0.1, -0.05) is 0 Å². The predicted octanol–water partition coefficient (Wildman–Crippen LogP) is 3.67. The van der Waals surface area contributed by atoms with Crippen molar-refractivity contribution in [2.45, 2.75) is 57.1 Å². The molecule has 0 aromatic carbocycles. The zero-order chi connectivity index (χ0) is 16.9. The molecule has 5 nitrogen and oxygen atoms in total. The van der Waals surface area contributed by atoms with Gasteiger partial charge in [0.05, 0.1) is 0 Å². The van der Waals surface area contributed by atoms with E-state index in [-0.39, 0.29) is 17.2 Å². The Morgan fingerprint density at radius 1 is 1.21 bits per heavy atom. The van der Waals surface area contributed by atoms with Crippen molar-refractivity contribution >= 4 is 27.8 Å². The molecule has 4 saturated carbocycles. The first kappa shape index (κ1) is 16.2. The summed E-state index contributed by atoms with van der Waals surface area (Å²) in [5.41, 5.74) is -0.0692. The first-order chi connectivity index (χ1) is 11.4. The van der Waals surface area contributed by atoms with Crippen LogP contribution in [0.4, 0.5) is 0 Å². The monoisotopic (exact) mass is 395 g/mol. The van der Waals surface area contributed by atoms with Crippen molar-refractivity contribution in [2.75, 3.05) is 0 Å². The third kappa shape index (κ3) is 3.01. The number of halogens is 1. The Kier molecular flexibility index (Phi) is 3.98. The van der Waals surface area contributed by atoms with Gasteiger partial charge in [-0.05, 0) is 91.3 Å². The van der Waals surface area contributed by atoms with E-state index >= 15 is 0 Å². The van der Waals surface area contributed by atoms with Crippen LogP contribution >= 0.6 is 15.9 Å². The highest BCUT2D eigenvalue weighted by molar-refractivity contribution is 9.10. The van der Waals surface area contributed by atoms with Crippen molar-refractivity contribution in [3.63, 3.8) is 0 Å². The average Bonchev–Trinajstić information content (AvgIpc) is 2.92. The Hall–Kier alpha value is -1.30. The third-order valence-corrected chi connectivity index (χ3v) is 6.28. The molecule has 0 radical (unpaired) electrons. The summed E-state index contributed by atoms with van der Waals surface area (Å²) in [6.45, 7) is 1.62. The molecule has 1 amide bonds. The number of esters is 1. The normalized spacial score (nSPS) is 34.8. The second-order valence-electron chi connectivity index (χ2n) is 7.84. The van der Waals surface area contributed by atoms with Crippen LogP contribution < -0.4 is 5.32 Å². The van der Waals surface area contributed by atoms with Crippen molar-refractivity contribution in [1.29, 1.82) is 0 Å². The van der Waals surface area contributed by atoms with Crippen LogP contribution in [-0.4, -0.2) is 23.5 Å². The van der Waals surface area contributed by atoms with E-state index in [9.17, 15) is 9.59 Å². The lowest BCUT2D eigenvalue weighted by Crippen LogP contribution is -2.61. The van der Waals surface area contributed by atoms with E-state index in [1.807, 2.05) is 0 Å². The fourth-order valence-electron chi connectivity index (χ4n) is 5.32. The Morgan fingerprint density at radius 2 is 1.79 bits per heavy atom. The van der Waals surface area contributed by atoms with Crippen LogP contribution in [0.5, 0.6) is 0 Å². The van der Waals surface area contributed by atoms with E-state index in [1.54, 1.807) is 13.0 Å². The first-order valence-electron chi connectivity index (χ1n) is 8.71. The Morgan fingerprint density at radius 3 is 2.29 bits per heavy atom. The van der Waals surface area contributed by atoms with Crippen molar-refractivity contribution < 1.29 is 18.7 Å². The molecule has 1 aromatic rings. The number of carbonyl (C=O) groups excluding carboxylic acids is 2. The van der Waals surface area contributed by atoms with Gasteiger partial charge in [-0.3, -0.25) is 4.79 Å². The Bertz CT molecular complexity index is 632. The van der Waals surface area contributed by atoms with Crippen molar-refractivity contribution in [3.05, 3.63) is 22.6 Å². The summed E-state index contributed by atoms with van der Waals surface area (Å²) in [5.74, 6) is 1.56. The van der Waals surface area contributed by atoms with Crippen molar-refractivity contribution in [3.8, 4) is 0 Å². The van der Waals surface area contributed by atoms with Gasteiger partial charge in [-0.25, -0.2) is 4.79 Å². The lowest BCUT2D eigenvalue weighted by molar-refractivity contribution is -0.135. The summed E-state index contributed by atoms with van der Waals surface area (Å²) in [4.78, 5) is 24.6.